The van der Waals surface area contributed by atoms with E-state index in [-0.39, 0.29) is 11.5 Å². The average molecular weight is 469 g/mol. The zero-order valence-electron chi connectivity index (χ0n) is 22.3. The standard InChI is InChI=1S/C30H48N2O2/c1-17-12-27-28(31-16-17)19(3)30(34-27)11-9-23-24-7-6-21-13-22(32-20(4)33)8-10-29(21,5)26(24)14-25(23)18(2)15-30/h17,19,21-24,26-28,31H,6-16H2,1-5H3,(H,32,33)/t17-,19+,21+,22+,23-,24-,26-,27+,28-,29-,30?/m0/s1. The molecule has 11 atom stereocenters. The van der Waals surface area contributed by atoms with Crippen LogP contribution in [0.2, 0.25) is 0 Å². The fourth-order valence-corrected chi connectivity index (χ4v) is 10.2. The molecule has 4 aliphatic carbocycles. The summed E-state index contributed by atoms with van der Waals surface area (Å²) < 4.78 is 7.05. The molecule has 6 aliphatic rings. The molecule has 0 radical (unpaired) electrons. The minimum Gasteiger partial charge on any atom is -0.369 e. The molecule has 190 valence electrons. The molecular weight excluding hydrogens is 420 g/mol. The third kappa shape index (κ3) is 3.56. The second kappa shape index (κ2) is 8.33. The van der Waals surface area contributed by atoms with Gasteiger partial charge in [0.25, 0.3) is 0 Å². The van der Waals surface area contributed by atoms with Crippen LogP contribution in [0.4, 0.5) is 0 Å². The van der Waals surface area contributed by atoms with Gasteiger partial charge in [0.1, 0.15) is 0 Å². The van der Waals surface area contributed by atoms with Gasteiger partial charge in [0.05, 0.1) is 11.7 Å². The Morgan fingerprint density at radius 3 is 2.74 bits per heavy atom. The molecule has 1 unspecified atom stereocenters. The highest BCUT2D eigenvalue weighted by atomic mass is 16.5. The molecule has 6 rings (SSSR count). The molecular formula is C30H48N2O2. The van der Waals surface area contributed by atoms with E-state index in [0.29, 0.717) is 29.5 Å². The largest absolute Gasteiger partial charge is 0.369 e. The topological polar surface area (TPSA) is 50.4 Å². The highest BCUT2D eigenvalue weighted by Crippen LogP contribution is 2.65. The van der Waals surface area contributed by atoms with Crippen LogP contribution in [0.3, 0.4) is 0 Å². The lowest BCUT2D eigenvalue weighted by Crippen LogP contribution is -2.50. The molecule has 0 bridgehead atoms. The van der Waals surface area contributed by atoms with Gasteiger partial charge >= 0.3 is 0 Å². The number of fused-ring (bicyclic) bond motifs is 6. The maximum absolute atomic E-state index is 11.7. The maximum atomic E-state index is 11.7. The molecule has 2 aliphatic heterocycles. The van der Waals surface area contributed by atoms with Crippen molar-refractivity contribution in [2.45, 2.75) is 123 Å². The van der Waals surface area contributed by atoms with Gasteiger partial charge in [0.15, 0.2) is 0 Å². The van der Waals surface area contributed by atoms with Crippen molar-refractivity contribution >= 4 is 5.91 Å². The third-order valence-corrected chi connectivity index (χ3v) is 12.0. The number of allylic oxidation sites excluding steroid dienone is 1. The molecule has 5 fully saturated rings. The van der Waals surface area contributed by atoms with E-state index in [1.807, 2.05) is 5.57 Å². The van der Waals surface area contributed by atoms with E-state index >= 15 is 0 Å². The number of amides is 1. The van der Waals surface area contributed by atoms with Crippen LogP contribution in [-0.4, -0.2) is 36.2 Å². The van der Waals surface area contributed by atoms with Crippen LogP contribution in [0.1, 0.15) is 98.8 Å². The Labute approximate surface area is 207 Å². The fourth-order valence-electron chi connectivity index (χ4n) is 10.2. The van der Waals surface area contributed by atoms with E-state index in [0.717, 1.165) is 42.6 Å². The quantitative estimate of drug-likeness (QED) is 0.491. The zero-order valence-corrected chi connectivity index (χ0v) is 22.3. The lowest BCUT2D eigenvalue weighted by molar-refractivity contribution is -0.121. The molecule has 34 heavy (non-hydrogen) atoms. The van der Waals surface area contributed by atoms with Crippen LogP contribution in [-0.2, 0) is 9.53 Å². The van der Waals surface area contributed by atoms with Gasteiger partial charge in [-0.3, -0.25) is 4.79 Å². The summed E-state index contributed by atoms with van der Waals surface area (Å²) in [5, 5.41) is 7.11. The van der Waals surface area contributed by atoms with E-state index in [1.54, 1.807) is 12.5 Å². The highest BCUT2D eigenvalue weighted by Gasteiger charge is 2.59. The first-order chi connectivity index (χ1) is 16.2. The molecule has 2 saturated heterocycles. The second-order valence-electron chi connectivity index (χ2n) is 13.8. The molecule has 2 N–H and O–H groups in total. The number of rotatable bonds is 1. The smallest absolute Gasteiger partial charge is 0.217 e. The minimum atomic E-state index is 0.0564. The Balaban J connectivity index is 1.23. The second-order valence-corrected chi connectivity index (χ2v) is 13.8. The molecule has 1 amide bonds. The Hall–Kier alpha value is -0.870. The van der Waals surface area contributed by atoms with Gasteiger partial charge in [-0.05, 0) is 113 Å². The van der Waals surface area contributed by atoms with Crippen molar-refractivity contribution in [1.29, 1.82) is 0 Å². The van der Waals surface area contributed by atoms with Crippen LogP contribution in [0.15, 0.2) is 11.1 Å². The van der Waals surface area contributed by atoms with Crippen LogP contribution < -0.4 is 10.6 Å². The molecule has 0 aromatic heterocycles. The molecule has 4 nitrogen and oxygen atoms in total. The minimum absolute atomic E-state index is 0.0564. The molecule has 3 saturated carbocycles. The highest BCUT2D eigenvalue weighted by molar-refractivity contribution is 5.73. The molecule has 4 heteroatoms. The van der Waals surface area contributed by atoms with Crippen LogP contribution >= 0.6 is 0 Å². The Morgan fingerprint density at radius 2 is 1.94 bits per heavy atom. The number of nitrogens with one attached hydrogen (secondary N) is 2. The first-order valence-electron chi connectivity index (χ1n) is 14.6. The van der Waals surface area contributed by atoms with Crippen molar-refractivity contribution in [3.8, 4) is 0 Å². The summed E-state index contributed by atoms with van der Waals surface area (Å²) in [5.74, 6) is 4.77. The van der Waals surface area contributed by atoms with Gasteiger partial charge in [-0.25, -0.2) is 0 Å². The van der Waals surface area contributed by atoms with Crippen molar-refractivity contribution in [2.75, 3.05) is 6.54 Å². The van der Waals surface area contributed by atoms with E-state index < -0.39 is 0 Å². The van der Waals surface area contributed by atoms with Gasteiger partial charge < -0.3 is 15.4 Å². The number of hydrogen-bond acceptors (Lipinski definition) is 3. The van der Waals surface area contributed by atoms with Gasteiger partial charge in [0, 0.05) is 24.9 Å². The van der Waals surface area contributed by atoms with E-state index in [9.17, 15) is 4.79 Å². The zero-order chi connectivity index (χ0) is 23.8. The summed E-state index contributed by atoms with van der Waals surface area (Å²) in [7, 11) is 0. The predicted molar refractivity (Wildman–Crippen MR) is 136 cm³/mol. The summed E-state index contributed by atoms with van der Waals surface area (Å²) in [6.07, 6.45) is 13.1. The fraction of sp³-hybridized carbons (Fsp3) is 0.900. The van der Waals surface area contributed by atoms with Crippen LogP contribution in [0, 0.1) is 40.9 Å². The molecule has 0 aromatic carbocycles. The van der Waals surface area contributed by atoms with Gasteiger partial charge in [-0.2, -0.15) is 0 Å². The first-order valence-corrected chi connectivity index (χ1v) is 14.6. The van der Waals surface area contributed by atoms with Gasteiger partial charge in [-0.15, -0.1) is 0 Å². The summed E-state index contributed by atoms with van der Waals surface area (Å²) in [6.45, 7) is 12.8. The number of ether oxygens (including phenoxy) is 1. The Morgan fingerprint density at radius 1 is 1.12 bits per heavy atom. The third-order valence-electron chi connectivity index (χ3n) is 12.0. The predicted octanol–water partition coefficient (Wildman–Crippen LogP) is 5.62. The van der Waals surface area contributed by atoms with Crippen LogP contribution in [0.5, 0.6) is 0 Å². The van der Waals surface area contributed by atoms with Crippen LogP contribution in [0.25, 0.3) is 0 Å². The monoisotopic (exact) mass is 468 g/mol. The maximum Gasteiger partial charge on any atom is 0.217 e. The summed E-state index contributed by atoms with van der Waals surface area (Å²) >= 11 is 0. The normalized spacial score (nSPS) is 52.4. The van der Waals surface area contributed by atoms with E-state index in [1.165, 1.54) is 57.8 Å². The number of hydrogen-bond donors (Lipinski definition) is 2. The lowest BCUT2D eigenvalue weighted by atomic mass is 9.52. The van der Waals surface area contributed by atoms with E-state index in [2.05, 4.69) is 38.3 Å². The van der Waals surface area contributed by atoms with Gasteiger partial charge in [-0.1, -0.05) is 31.9 Å². The molecule has 1 spiro atoms. The summed E-state index contributed by atoms with van der Waals surface area (Å²) in [5.41, 5.74) is 4.04. The Kier molecular flexibility index (Phi) is 5.76. The number of carbonyl (C=O) groups is 1. The van der Waals surface area contributed by atoms with Crippen molar-refractivity contribution in [2.24, 2.45) is 40.9 Å². The van der Waals surface area contributed by atoms with E-state index in [4.69, 9.17) is 4.74 Å². The summed E-state index contributed by atoms with van der Waals surface area (Å²) in [6, 6.07) is 0.952. The lowest BCUT2D eigenvalue weighted by Gasteiger charge is -2.54. The first kappa shape index (κ1) is 23.5. The molecule has 2 heterocycles. The van der Waals surface area contributed by atoms with Crippen molar-refractivity contribution < 1.29 is 9.53 Å². The Bertz CT molecular complexity index is 868. The SMILES string of the molecule is CC(=O)N[C@@H]1CC[C@@]2(C)[C@H](CC[C@H]3[C@@H]4CCC5(CC(C)=C4C[C@@H]32)O[C@@H]2C[C@H](C)CN[C@H]2[C@H]5C)C1. The van der Waals surface area contributed by atoms with Crippen molar-refractivity contribution in [1.82, 2.24) is 10.6 Å². The van der Waals surface area contributed by atoms with Crippen molar-refractivity contribution in [3.63, 3.8) is 0 Å². The molecule has 0 aromatic rings. The van der Waals surface area contributed by atoms with Gasteiger partial charge in [0.2, 0.25) is 5.91 Å². The van der Waals surface area contributed by atoms with Crippen molar-refractivity contribution in [3.05, 3.63) is 11.1 Å². The number of carbonyl (C=O) groups excluding carboxylic acids is 1. The summed E-state index contributed by atoms with van der Waals surface area (Å²) in [4.78, 5) is 11.7. The number of piperidine rings is 1. The average Bonchev–Trinajstić information content (AvgIpc) is 3.24.